The van der Waals surface area contributed by atoms with Gasteiger partial charge in [0, 0.05) is 38.5 Å². The van der Waals surface area contributed by atoms with Crippen LogP contribution in [0.3, 0.4) is 0 Å². The summed E-state index contributed by atoms with van der Waals surface area (Å²) in [5.74, 6) is 1.26. The van der Waals surface area contributed by atoms with Crippen molar-refractivity contribution in [3.05, 3.63) is 132 Å². The van der Waals surface area contributed by atoms with E-state index >= 15 is 0 Å². The van der Waals surface area contributed by atoms with Crippen LogP contribution in [0.2, 0.25) is 0 Å². The monoisotopic (exact) mass is 851 g/mol. The van der Waals surface area contributed by atoms with E-state index in [1.165, 1.54) is 11.1 Å². The van der Waals surface area contributed by atoms with Gasteiger partial charge in [0.15, 0.2) is 0 Å². The molecule has 0 aliphatic rings. The van der Waals surface area contributed by atoms with E-state index in [2.05, 4.69) is 157 Å². The predicted octanol–water partition coefficient (Wildman–Crippen LogP) is 12.1. The van der Waals surface area contributed by atoms with Crippen molar-refractivity contribution in [2.45, 2.75) is 79.1 Å². The standard InChI is InChI=1S/C46H46N3O.Pt/c1-28(2)33-23-29(3)43(50)39(26-33)44-48-42-37(16-11-17-40(42)49(44)36-20-18-34(19-21-36)45(4,5)6)30-13-10-14-31(24-30)38-27-35(46(7,8)9)25-32-15-12-22-47-41(32)38;/h10-23,25-28,50H,1-9H3;/q-1;. The second-order valence-corrected chi connectivity index (χ2v) is 16.0. The van der Waals surface area contributed by atoms with Crippen molar-refractivity contribution < 1.29 is 26.2 Å². The minimum absolute atomic E-state index is 0. The zero-order valence-corrected chi connectivity index (χ0v) is 33.3. The molecule has 0 unspecified atom stereocenters. The number of hydrogen-bond donors (Lipinski definition) is 1. The first kappa shape index (κ1) is 36.3. The van der Waals surface area contributed by atoms with E-state index in [0.29, 0.717) is 11.7 Å². The fourth-order valence-corrected chi connectivity index (χ4v) is 6.79. The first-order chi connectivity index (χ1) is 23.7. The predicted molar refractivity (Wildman–Crippen MR) is 209 cm³/mol. The second-order valence-electron chi connectivity index (χ2n) is 16.0. The van der Waals surface area contributed by atoms with Crippen LogP contribution in [0.1, 0.15) is 83.6 Å². The third-order valence-corrected chi connectivity index (χ3v) is 9.85. The summed E-state index contributed by atoms with van der Waals surface area (Å²) in [4.78, 5) is 10.2. The number of fused-ring (bicyclic) bond motifs is 2. The fraction of sp³-hybridized carbons (Fsp3) is 0.261. The fourth-order valence-electron chi connectivity index (χ4n) is 6.79. The smallest absolute Gasteiger partial charge is 0.148 e. The first-order valence-corrected chi connectivity index (χ1v) is 17.6. The molecule has 1 N–H and O–H groups in total. The number of aromatic nitrogens is 3. The third-order valence-electron chi connectivity index (χ3n) is 9.85. The molecule has 2 heterocycles. The summed E-state index contributed by atoms with van der Waals surface area (Å²) in [5, 5.41) is 12.7. The molecule has 7 aromatic rings. The molecule has 0 aliphatic heterocycles. The van der Waals surface area contributed by atoms with Crippen LogP contribution in [0.15, 0.2) is 103 Å². The van der Waals surface area contributed by atoms with E-state index in [1.807, 2.05) is 19.2 Å². The van der Waals surface area contributed by atoms with E-state index < -0.39 is 0 Å². The van der Waals surface area contributed by atoms with E-state index in [1.54, 1.807) is 0 Å². The van der Waals surface area contributed by atoms with Crippen LogP contribution in [0.4, 0.5) is 0 Å². The molecule has 5 heteroatoms. The number of aryl methyl sites for hydroxylation is 1. The Hall–Kier alpha value is -4.53. The van der Waals surface area contributed by atoms with Gasteiger partial charge in [-0.25, -0.2) is 4.98 Å². The molecule has 0 atom stereocenters. The van der Waals surface area contributed by atoms with Crippen LogP contribution in [0, 0.1) is 13.0 Å². The van der Waals surface area contributed by atoms with Gasteiger partial charge in [-0.05, 0) is 81.6 Å². The number of aromatic hydroxyl groups is 1. The largest absolute Gasteiger partial charge is 0.507 e. The maximum absolute atomic E-state index is 11.6. The van der Waals surface area contributed by atoms with E-state index in [0.717, 1.165) is 66.6 Å². The SMILES string of the molecule is Cc1cc(C(C)C)cc(-c2nc3c(-c4[c-]c(-c5cc(C(C)(C)C)cc6cccnc56)ccc4)cccc3n2-c2ccc(C(C)(C)C)cc2)c1O.[Pt]. The number of phenolic OH excluding ortho intramolecular Hbond substituents is 1. The molecule has 0 saturated carbocycles. The molecule has 0 aliphatic carbocycles. The molecule has 51 heavy (non-hydrogen) atoms. The van der Waals surface area contributed by atoms with Gasteiger partial charge >= 0.3 is 0 Å². The van der Waals surface area contributed by atoms with Crippen LogP contribution in [-0.4, -0.2) is 19.6 Å². The topological polar surface area (TPSA) is 50.9 Å². The Kier molecular flexibility index (Phi) is 9.63. The molecule has 4 nitrogen and oxygen atoms in total. The van der Waals surface area contributed by atoms with Gasteiger partial charge in [-0.2, -0.15) is 0 Å². The number of pyridine rings is 1. The van der Waals surface area contributed by atoms with Crippen LogP contribution < -0.4 is 0 Å². The molecule has 262 valence electrons. The Bertz CT molecular complexity index is 2390. The normalized spacial score (nSPS) is 12.1. The Morgan fingerprint density at radius 3 is 2.02 bits per heavy atom. The van der Waals surface area contributed by atoms with E-state index in [4.69, 9.17) is 9.97 Å². The summed E-state index contributed by atoms with van der Waals surface area (Å²) in [6, 6.07) is 38.0. The number of phenols is 1. The van der Waals surface area contributed by atoms with Gasteiger partial charge in [-0.15, -0.1) is 35.4 Å². The van der Waals surface area contributed by atoms with Crippen molar-refractivity contribution >= 4 is 21.9 Å². The maximum atomic E-state index is 11.6. The van der Waals surface area contributed by atoms with Crippen LogP contribution >= 0.6 is 0 Å². The Balaban J connectivity index is 0.00000448. The summed E-state index contributed by atoms with van der Waals surface area (Å²) in [7, 11) is 0. The van der Waals surface area contributed by atoms with Gasteiger partial charge in [0.25, 0.3) is 0 Å². The molecule has 7 rings (SSSR count). The molecular weight excluding hydrogens is 806 g/mol. The summed E-state index contributed by atoms with van der Waals surface area (Å²) in [6.45, 7) is 19.8. The van der Waals surface area contributed by atoms with E-state index in [-0.39, 0.29) is 37.6 Å². The zero-order valence-electron chi connectivity index (χ0n) is 31.0. The molecule has 2 aromatic heterocycles. The zero-order chi connectivity index (χ0) is 35.5. The molecule has 0 bridgehead atoms. The van der Waals surface area contributed by atoms with Crippen molar-refractivity contribution in [1.82, 2.24) is 14.5 Å². The van der Waals surface area contributed by atoms with Gasteiger partial charge in [0.2, 0.25) is 0 Å². The van der Waals surface area contributed by atoms with Crippen molar-refractivity contribution in [1.29, 1.82) is 0 Å². The summed E-state index contributed by atoms with van der Waals surface area (Å²) < 4.78 is 2.19. The summed E-state index contributed by atoms with van der Waals surface area (Å²) >= 11 is 0. The Labute approximate surface area is 316 Å². The molecule has 0 amide bonds. The average molecular weight is 852 g/mol. The number of nitrogens with zero attached hydrogens (tertiary/aromatic N) is 3. The third kappa shape index (κ3) is 6.79. The number of imidazole rings is 1. The first-order valence-electron chi connectivity index (χ1n) is 17.6. The van der Waals surface area contributed by atoms with Gasteiger partial charge in [0.1, 0.15) is 11.6 Å². The number of para-hydroxylation sites is 1. The molecule has 0 fully saturated rings. The minimum Gasteiger partial charge on any atom is -0.507 e. The van der Waals surface area contributed by atoms with Crippen molar-refractivity contribution in [3.63, 3.8) is 0 Å². The maximum Gasteiger partial charge on any atom is 0.148 e. The van der Waals surface area contributed by atoms with Gasteiger partial charge in [-0.1, -0.05) is 115 Å². The average Bonchev–Trinajstić information content (AvgIpc) is 3.47. The van der Waals surface area contributed by atoms with Crippen molar-refractivity contribution in [2.75, 3.05) is 0 Å². The number of benzene rings is 5. The Morgan fingerprint density at radius 2 is 1.35 bits per heavy atom. The Morgan fingerprint density at radius 1 is 0.686 bits per heavy atom. The second kappa shape index (κ2) is 13.5. The quantitative estimate of drug-likeness (QED) is 0.176. The van der Waals surface area contributed by atoms with Gasteiger partial charge in [-0.3, -0.25) is 9.55 Å². The molecule has 0 saturated heterocycles. The molecule has 5 aromatic carbocycles. The van der Waals surface area contributed by atoms with E-state index in [9.17, 15) is 5.11 Å². The number of hydrogen-bond acceptors (Lipinski definition) is 3. The molecule has 0 radical (unpaired) electrons. The van der Waals surface area contributed by atoms with Gasteiger partial charge in [0.05, 0.1) is 16.6 Å². The molecular formula is C46H46N3OPt-. The summed E-state index contributed by atoms with van der Waals surface area (Å²) in [6.07, 6.45) is 1.86. The molecule has 0 spiro atoms. The van der Waals surface area contributed by atoms with Crippen molar-refractivity contribution in [3.8, 4) is 45.1 Å². The summed E-state index contributed by atoms with van der Waals surface area (Å²) in [5.41, 5.74) is 13.0. The van der Waals surface area contributed by atoms with Crippen LogP contribution in [-0.2, 0) is 31.9 Å². The van der Waals surface area contributed by atoms with Crippen LogP contribution in [0.5, 0.6) is 5.75 Å². The minimum atomic E-state index is -0.0207. The van der Waals surface area contributed by atoms with Crippen molar-refractivity contribution in [2.24, 2.45) is 0 Å². The van der Waals surface area contributed by atoms with Gasteiger partial charge < -0.3 is 5.11 Å². The van der Waals surface area contributed by atoms with Crippen LogP contribution in [0.25, 0.3) is 61.3 Å². The number of rotatable bonds is 5.